The number of fused-ring (bicyclic) bond motifs is 1. The zero-order valence-corrected chi connectivity index (χ0v) is 10.2. The molecule has 4 heteroatoms. The van der Waals surface area contributed by atoms with Gasteiger partial charge in [0.05, 0.1) is 7.11 Å². The maximum absolute atomic E-state index is 5.20. The molecule has 2 rings (SSSR count). The minimum absolute atomic E-state index is 0.683. The molecule has 2 heterocycles. The Morgan fingerprint density at radius 1 is 1.53 bits per heavy atom. The smallest absolute Gasteiger partial charge is 0.238 e. The molecule has 0 saturated carbocycles. The summed E-state index contributed by atoms with van der Waals surface area (Å²) in [6, 6.07) is 2.13. The monoisotopic (exact) mass is 268 g/mol. The van der Waals surface area contributed by atoms with Crippen LogP contribution in [0.3, 0.4) is 0 Å². The van der Waals surface area contributed by atoms with Gasteiger partial charge in [-0.25, -0.2) is 4.98 Å². The maximum Gasteiger partial charge on any atom is 0.238 e. The molecule has 0 spiro atoms. The van der Waals surface area contributed by atoms with Crippen LogP contribution in [0.1, 0.15) is 12.0 Å². The molecule has 0 aliphatic heterocycles. The van der Waals surface area contributed by atoms with Gasteiger partial charge in [-0.1, -0.05) is 15.9 Å². The molecule has 80 valence electrons. The van der Waals surface area contributed by atoms with Crippen LogP contribution in [0.2, 0.25) is 0 Å². The second kappa shape index (κ2) is 4.66. The largest absolute Gasteiger partial charge is 0.480 e. The Morgan fingerprint density at radius 2 is 2.40 bits per heavy atom. The lowest BCUT2D eigenvalue weighted by Gasteiger charge is -1.99. The molecule has 0 N–H and O–H groups in total. The predicted octanol–water partition coefficient (Wildman–Crippen LogP) is 2.67. The van der Waals surface area contributed by atoms with Crippen LogP contribution in [0.4, 0.5) is 0 Å². The fourth-order valence-corrected chi connectivity index (χ4v) is 1.92. The van der Waals surface area contributed by atoms with E-state index in [1.54, 1.807) is 13.3 Å². The molecule has 0 amide bonds. The maximum atomic E-state index is 5.20. The van der Waals surface area contributed by atoms with Crippen molar-refractivity contribution in [1.82, 2.24) is 9.38 Å². The van der Waals surface area contributed by atoms with Crippen molar-refractivity contribution < 1.29 is 4.74 Å². The number of hydrogen-bond acceptors (Lipinski definition) is 2. The van der Waals surface area contributed by atoms with E-state index in [-0.39, 0.29) is 0 Å². The summed E-state index contributed by atoms with van der Waals surface area (Å²) in [6.45, 7) is 0. The minimum Gasteiger partial charge on any atom is -0.480 e. The van der Waals surface area contributed by atoms with E-state index in [0.29, 0.717) is 5.88 Å². The quantitative estimate of drug-likeness (QED) is 0.798. The van der Waals surface area contributed by atoms with E-state index in [9.17, 15) is 0 Å². The molecule has 0 aliphatic rings. The van der Waals surface area contributed by atoms with Crippen LogP contribution in [-0.2, 0) is 6.42 Å². The summed E-state index contributed by atoms with van der Waals surface area (Å²) in [4.78, 5) is 4.17. The Bertz CT molecular complexity index is 453. The number of methoxy groups -OCH3 is 1. The summed E-state index contributed by atoms with van der Waals surface area (Å²) in [7, 11) is 1.65. The van der Waals surface area contributed by atoms with Gasteiger partial charge in [0.15, 0.2) is 0 Å². The van der Waals surface area contributed by atoms with Crippen molar-refractivity contribution >= 4 is 21.4 Å². The van der Waals surface area contributed by atoms with Crippen LogP contribution in [0, 0.1) is 0 Å². The van der Waals surface area contributed by atoms with Gasteiger partial charge in [0.25, 0.3) is 0 Å². The first-order valence-electron chi connectivity index (χ1n) is 4.90. The minimum atomic E-state index is 0.683. The van der Waals surface area contributed by atoms with Gasteiger partial charge >= 0.3 is 0 Å². The molecule has 0 fully saturated rings. The van der Waals surface area contributed by atoms with Crippen molar-refractivity contribution in [2.24, 2.45) is 0 Å². The number of halogens is 1. The van der Waals surface area contributed by atoms with Gasteiger partial charge in [-0.05, 0) is 24.5 Å². The van der Waals surface area contributed by atoms with Gasteiger partial charge in [-0.15, -0.1) is 0 Å². The van der Waals surface area contributed by atoms with Crippen molar-refractivity contribution in [3.05, 3.63) is 30.2 Å². The van der Waals surface area contributed by atoms with Crippen LogP contribution in [-0.4, -0.2) is 21.8 Å². The molecule has 2 aromatic rings. The molecule has 0 aromatic carbocycles. The van der Waals surface area contributed by atoms with Gasteiger partial charge in [-0.2, -0.15) is 0 Å². The third kappa shape index (κ3) is 2.15. The lowest BCUT2D eigenvalue weighted by Crippen LogP contribution is -1.90. The van der Waals surface area contributed by atoms with Crippen molar-refractivity contribution in [3.63, 3.8) is 0 Å². The van der Waals surface area contributed by atoms with E-state index >= 15 is 0 Å². The summed E-state index contributed by atoms with van der Waals surface area (Å²) in [5, 5.41) is 1.04. The number of hydrogen-bond donors (Lipinski definition) is 0. The predicted molar refractivity (Wildman–Crippen MR) is 63.9 cm³/mol. The zero-order chi connectivity index (χ0) is 10.7. The Hall–Kier alpha value is -1.03. The Labute approximate surface area is 97.2 Å². The van der Waals surface area contributed by atoms with E-state index < -0.39 is 0 Å². The van der Waals surface area contributed by atoms with Crippen LogP contribution in [0.5, 0.6) is 5.88 Å². The Balaban J connectivity index is 2.37. The molecule has 0 aliphatic carbocycles. The zero-order valence-electron chi connectivity index (χ0n) is 8.61. The lowest BCUT2D eigenvalue weighted by molar-refractivity contribution is 0.401. The molecular weight excluding hydrogens is 256 g/mol. The molecule has 0 bridgehead atoms. The first-order chi connectivity index (χ1) is 7.35. The van der Waals surface area contributed by atoms with E-state index in [0.717, 1.165) is 23.7 Å². The Morgan fingerprint density at radius 3 is 3.13 bits per heavy atom. The molecule has 15 heavy (non-hydrogen) atoms. The number of nitrogens with zero attached hydrogens (tertiary/aromatic N) is 2. The normalized spacial score (nSPS) is 10.8. The number of aryl methyl sites for hydroxylation is 1. The fraction of sp³-hybridized carbons (Fsp3) is 0.364. The second-order valence-electron chi connectivity index (χ2n) is 3.37. The van der Waals surface area contributed by atoms with Crippen LogP contribution in [0.25, 0.3) is 5.52 Å². The molecule has 0 radical (unpaired) electrons. The highest BCUT2D eigenvalue weighted by atomic mass is 79.9. The summed E-state index contributed by atoms with van der Waals surface area (Å²) in [5.74, 6) is 0.683. The molecule has 2 aromatic heterocycles. The molecule has 0 saturated heterocycles. The average molecular weight is 269 g/mol. The molecule has 0 atom stereocenters. The highest BCUT2D eigenvalue weighted by molar-refractivity contribution is 9.09. The number of aromatic nitrogens is 2. The van der Waals surface area contributed by atoms with E-state index in [4.69, 9.17) is 4.74 Å². The summed E-state index contributed by atoms with van der Waals surface area (Å²) < 4.78 is 7.26. The first kappa shape index (κ1) is 10.5. The van der Waals surface area contributed by atoms with E-state index in [1.165, 1.54) is 5.56 Å². The number of rotatable bonds is 4. The van der Waals surface area contributed by atoms with E-state index in [2.05, 4.69) is 37.6 Å². The highest BCUT2D eigenvalue weighted by Gasteiger charge is 2.05. The second-order valence-corrected chi connectivity index (χ2v) is 4.16. The summed E-state index contributed by atoms with van der Waals surface area (Å²) in [6.07, 6.45) is 8.04. The summed E-state index contributed by atoms with van der Waals surface area (Å²) in [5.41, 5.74) is 2.35. The number of alkyl halides is 1. The van der Waals surface area contributed by atoms with Crippen molar-refractivity contribution in [1.29, 1.82) is 0 Å². The lowest BCUT2D eigenvalue weighted by atomic mass is 10.2. The highest BCUT2D eigenvalue weighted by Crippen LogP contribution is 2.19. The van der Waals surface area contributed by atoms with Crippen LogP contribution < -0.4 is 4.74 Å². The number of ether oxygens (including phenoxy) is 1. The SMILES string of the molecule is COc1nccn2cc(CCCBr)cc12. The third-order valence-corrected chi connectivity index (χ3v) is 2.90. The van der Waals surface area contributed by atoms with E-state index in [1.807, 2.05) is 6.20 Å². The van der Waals surface area contributed by atoms with Crippen LogP contribution in [0.15, 0.2) is 24.7 Å². The molecule has 0 unspecified atom stereocenters. The third-order valence-electron chi connectivity index (χ3n) is 2.34. The van der Waals surface area contributed by atoms with Gasteiger partial charge in [-0.3, -0.25) is 0 Å². The first-order valence-corrected chi connectivity index (χ1v) is 6.03. The summed E-state index contributed by atoms with van der Waals surface area (Å²) >= 11 is 3.43. The molecule has 3 nitrogen and oxygen atoms in total. The van der Waals surface area contributed by atoms with Crippen LogP contribution >= 0.6 is 15.9 Å². The fourth-order valence-electron chi connectivity index (χ4n) is 1.64. The van der Waals surface area contributed by atoms with Gasteiger partial charge in [0, 0.05) is 23.9 Å². The van der Waals surface area contributed by atoms with Gasteiger partial charge in [0.1, 0.15) is 5.52 Å². The van der Waals surface area contributed by atoms with Gasteiger partial charge < -0.3 is 9.14 Å². The average Bonchev–Trinajstić information content (AvgIpc) is 2.68. The Kier molecular flexibility index (Phi) is 3.26. The molecular formula is C11H13BrN2O. The topological polar surface area (TPSA) is 26.5 Å². The van der Waals surface area contributed by atoms with Gasteiger partial charge in [0.2, 0.25) is 5.88 Å². The van der Waals surface area contributed by atoms with Crippen molar-refractivity contribution in [3.8, 4) is 5.88 Å². The van der Waals surface area contributed by atoms with Crippen molar-refractivity contribution in [2.75, 3.05) is 12.4 Å². The van der Waals surface area contributed by atoms with Crippen molar-refractivity contribution in [2.45, 2.75) is 12.8 Å². The standard InChI is InChI=1S/C11H13BrN2O/c1-15-11-10-7-9(3-2-4-12)8-14(10)6-5-13-11/h5-8H,2-4H2,1H3.